The Morgan fingerprint density at radius 3 is 2.52 bits per heavy atom. The van der Waals surface area contributed by atoms with Crippen molar-refractivity contribution in [3.8, 4) is 11.4 Å². The molecule has 0 fully saturated rings. The Labute approximate surface area is 148 Å². The zero-order valence-corrected chi connectivity index (χ0v) is 14.7. The van der Waals surface area contributed by atoms with Crippen molar-refractivity contribution in [3.63, 3.8) is 0 Å². The molecule has 0 aliphatic heterocycles. The number of benzene rings is 2. The van der Waals surface area contributed by atoms with Crippen LogP contribution in [0.3, 0.4) is 0 Å². The molecule has 0 aliphatic rings. The molecule has 5 heteroatoms. The van der Waals surface area contributed by atoms with Gasteiger partial charge in [-0.25, -0.2) is 9.78 Å². The minimum Gasteiger partial charge on any atom is -0.338 e. The van der Waals surface area contributed by atoms with Gasteiger partial charge in [0.25, 0.3) is 0 Å². The third-order valence-electron chi connectivity index (χ3n) is 4.12. The first-order valence-electron chi connectivity index (χ1n) is 8.73. The third-order valence-corrected chi connectivity index (χ3v) is 4.12. The van der Waals surface area contributed by atoms with Crippen LogP contribution in [0.25, 0.3) is 22.4 Å². The van der Waals surface area contributed by atoms with Crippen LogP contribution in [0.1, 0.15) is 18.9 Å². The normalized spacial score (nSPS) is 10.8. The Bertz CT molecular complexity index is 852. The number of aryl methyl sites for hydroxylation is 1. The maximum atomic E-state index is 11.7. The first-order valence-corrected chi connectivity index (χ1v) is 8.73. The van der Waals surface area contributed by atoms with E-state index in [2.05, 4.69) is 52.5 Å². The number of carbonyl (C=O) groups excluding carboxylic acids is 1. The zero-order chi connectivity index (χ0) is 17.6. The molecule has 0 unspecified atom stereocenters. The molecule has 1 aromatic heterocycles. The molecule has 0 atom stereocenters. The molecule has 2 aromatic carbocycles. The SMILES string of the molecule is CCCNC(=O)NCCn1c(-c2ccc(C)cc2)nc2ccccc21. The van der Waals surface area contributed by atoms with Gasteiger partial charge in [0.05, 0.1) is 11.0 Å². The van der Waals surface area contributed by atoms with Crippen LogP contribution in [-0.4, -0.2) is 28.7 Å². The summed E-state index contributed by atoms with van der Waals surface area (Å²) in [4.78, 5) is 16.5. The Balaban J connectivity index is 1.83. The molecule has 0 saturated carbocycles. The van der Waals surface area contributed by atoms with Gasteiger partial charge in [0.1, 0.15) is 5.82 Å². The molecule has 0 spiro atoms. The average molecular weight is 336 g/mol. The zero-order valence-electron chi connectivity index (χ0n) is 14.7. The Morgan fingerprint density at radius 2 is 1.76 bits per heavy atom. The quantitative estimate of drug-likeness (QED) is 0.721. The summed E-state index contributed by atoms with van der Waals surface area (Å²) in [6.07, 6.45) is 0.928. The maximum Gasteiger partial charge on any atom is 0.314 e. The third kappa shape index (κ3) is 3.99. The molecular weight excluding hydrogens is 312 g/mol. The van der Waals surface area contributed by atoms with Crippen LogP contribution in [0.15, 0.2) is 48.5 Å². The molecule has 1 heterocycles. The lowest BCUT2D eigenvalue weighted by Gasteiger charge is -2.11. The lowest BCUT2D eigenvalue weighted by atomic mass is 10.1. The van der Waals surface area contributed by atoms with Crippen molar-refractivity contribution in [1.29, 1.82) is 0 Å². The molecule has 130 valence electrons. The number of urea groups is 1. The number of rotatable bonds is 6. The largest absolute Gasteiger partial charge is 0.338 e. The van der Waals surface area contributed by atoms with Crippen molar-refractivity contribution in [3.05, 3.63) is 54.1 Å². The van der Waals surface area contributed by atoms with Crippen molar-refractivity contribution < 1.29 is 4.79 Å². The van der Waals surface area contributed by atoms with Crippen molar-refractivity contribution in [2.75, 3.05) is 13.1 Å². The summed E-state index contributed by atoms with van der Waals surface area (Å²) < 4.78 is 2.17. The second kappa shape index (κ2) is 7.83. The van der Waals surface area contributed by atoms with Gasteiger partial charge in [-0.1, -0.05) is 48.9 Å². The summed E-state index contributed by atoms with van der Waals surface area (Å²) in [5.74, 6) is 0.928. The van der Waals surface area contributed by atoms with E-state index in [0.717, 1.165) is 28.8 Å². The van der Waals surface area contributed by atoms with Crippen LogP contribution in [0, 0.1) is 6.92 Å². The monoisotopic (exact) mass is 336 g/mol. The van der Waals surface area contributed by atoms with Crippen LogP contribution in [-0.2, 0) is 6.54 Å². The van der Waals surface area contributed by atoms with Crippen molar-refractivity contribution in [2.24, 2.45) is 0 Å². The van der Waals surface area contributed by atoms with Gasteiger partial charge in [0.15, 0.2) is 0 Å². The highest BCUT2D eigenvalue weighted by molar-refractivity contribution is 5.80. The standard InChI is InChI=1S/C20H24N4O/c1-3-12-21-20(25)22-13-14-24-18-7-5-4-6-17(18)23-19(24)16-10-8-15(2)9-11-16/h4-11H,3,12-14H2,1-2H3,(H2,21,22,25). The topological polar surface area (TPSA) is 59.0 Å². The fourth-order valence-electron chi connectivity index (χ4n) is 2.81. The number of carbonyl (C=O) groups is 1. The second-order valence-corrected chi connectivity index (χ2v) is 6.12. The van der Waals surface area contributed by atoms with Crippen LogP contribution >= 0.6 is 0 Å². The summed E-state index contributed by atoms with van der Waals surface area (Å²) in [5.41, 5.74) is 4.35. The highest BCUT2D eigenvalue weighted by Crippen LogP contribution is 2.24. The van der Waals surface area contributed by atoms with E-state index in [1.807, 2.05) is 25.1 Å². The number of imidazole rings is 1. The predicted octanol–water partition coefficient (Wildman–Crippen LogP) is 3.72. The number of aromatic nitrogens is 2. The van der Waals surface area contributed by atoms with Gasteiger partial charge in [-0.3, -0.25) is 0 Å². The molecule has 5 nitrogen and oxygen atoms in total. The number of fused-ring (bicyclic) bond motifs is 1. The van der Waals surface area contributed by atoms with E-state index in [9.17, 15) is 4.79 Å². The molecule has 3 aromatic rings. The number of amides is 2. The fraction of sp³-hybridized carbons (Fsp3) is 0.300. The molecule has 0 bridgehead atoms. The summed E-state index contributed by atoms with van der Waals surface area (Å²) in [7, 11) is 0. The van der Waals surface area contributed by atoms with Gasteiger partial charge >= 0.3 is 6.03 Å². The second-order valence-electron chi connectivity index (χ2n) is 6.12. The summed E-state index contributed by atoms with van der Waals surface area (Å²) >= 11 is 0. The van der Waals surface area contributed by atoms with E-state index in [1.54, 1.807) is 0 Å². The molecule has 2 amide bonds. The number of nitrogens with one attached hydrogen (secondary N) is 2. The molecule has 0 saturated heterocycles. The lowest BCUT2D eigenvalue weighted by molar-refractivity contribution is 0.240. The molecular formula is C20H24N4O. The Morgan fingerprint density at radius 1 is 1.04 bits per heavy atom. The summed E-state index contributed by atoms with van der Waals surface area (Å²) in [6.45, 7) is 6.02. The van der Waals surface area contributed by atoms with E-state index in [4.69, 9.17) is 4.98 Å². The predicted molar refractivity (Wildman–Crippen MR) is 102 cm³/mol. The number of nitrogens with zero attached hydrogens (tertiary/aromatic N) is 2. The lowest BCUT2D eigenvalue weighted by Crippen LogP contribution is -2.37. The van der Waals surface area contributed by atoms with Crippen molar-refractivity contribution in [2.45, 2.75) is 26.8 Å². The van der Waals surface area contributed by atoms with E-state index < -0.39 is 0 Å². The number of para-hydroxylation sites is 2. The van der Waals surface area contributed by atoms with Gasteiger partial charge in [-0.15, -0.1) is 0 Å². The van der Waals surface area contributed by atoms with Crippen molar-refractivity contribution in [1.82, 2.24) is 20.2 Å². The van der Waals surface area contributed by atoms with Gasteiger partial charge < -0.3 is 15.2 Å². The fourth-order valence-corrected chi connectivity index (χ4v) is 2.81. The van der Waals surface area contributed by atoms with Gasteiger partial charge in [0, 0.05) is 25.2 Å². The smallest absolute Gasteiger partial charge is 0.314 e. The van der Waals surface area contributed by atoms with Crippen LogP contribution in [0.4, 0.5) is 4.79 Å². The Hall–Kier alpha value is -2.82. The molecule has 0 radical (unpaired) electrons. The number of hydrogen-bond acceptors (Lipinski definition) is 2. The summed E-state index contributed by atoms with van der Waals surface area (Å²) in [5, 5.41) is 5.74. The highest BCUT2D eigenvalue weighted by atomic mass is 16.2. The van der Waals surface area contributed by atoms with Crippen molar-refractivity contribution >= 4 is 17.1 Å². The van der Waals surface area contributed by atoms with E-state index in [-0.39, 0.29) is 6.03 Å². The van der Waals surface area contributed by atoms with Gasteiger partial charge in [-0.2, -0.15) is 0 Å². The first kappa shape index (κ1) is 17.0. The minimum absolute atomic E-state index is 0.122. The Kier molecular flexibility index (Phi) is 5.33. The molecule has 25 heavy (non-hydrogen) atoms. The molecule has 2 N–H and O–H groups in total. The van der Waals surface area contributed by atoms with Gasteiger partial charge in [-0.05, 0) is 25.5 Å². The maximum absolute atomic E-state index is 11.7. The molecule has 3 rings (SSSR count). The van der Waals surface area contributed by atoms with E-state index in [1.165, 1.54) is 5.56 Å². The van der Waals surface area contributed by atoms with Crippen LogP contribution in [0.2, 0.25) is 0 Å². The summed E-state index contributed by atoms with van der Waals surface area (Å²) in [6, 6.07) is 16.3. The van der Waals surface area contributed by atoms with E-state index in [0.29, 0.717) is 19.6 Å². The first-order chi connectivity index (χ1) is 12.2. The van der Waals surface area contributed by atoms with Crippen LogP contribution < -0.4 is 10.6 Å². The molecule has 0 aliphatic carbocycles. The minimum atomic E-state index is -0.122. The van der Waals surface area contributed by atoms with Crippen LogP contribution in [0.5, 0.6) is 0 Å². The van der Waals surface area contributed by atoms with Gasteiger partial charge in [0.2, 0.25) is 0 Å². The number of hydrogen-bond donors (Lipinski definition) is 2. The van der Waals surface area contributed by atoms with E-state index >= 15 is 0 Å². The average Bonchev–Trinajstić information content (AvgIpc) is 2.99. The highest BCUT2D eigenvalue weighted by Gasteiger charge is 2.12.